The second-order valence-electron chi connectivity index (χ2n) is 6.48. The minimum absolute atomic E-state index is 0.135. The van der Waals surface area contributed by atoms with Gasteiger partial charge in [0.2, 0.25) is 0 Å². The maximum absolute atomic E-state index is 10.9. The molecule has 0 saturated carbocycles. The van der Waals surface area contributed by atoms with E-state index in [1.165, 1.54) is 44.1 Å². The van der Waals surface area contributed by atoms with Gasteiger partial charge in [-0.1, -0.05) is 63.3 Å². The average Bonchev–Trinajstić information content (AvgIpc) is 2.50. The third kappa shape index (κ3) is 10.7. The monoisotopic (exact) mass is 341 g/mol. The Morgan fingerprint density at radius 2 is 1.57 bits per heavy atom. The molecule has 0 heterocycles. The molecule has 23 heavy (non-hydrogen) atoms. The quantitative estimate of drug-likeness (QED) is 0.396. The van der Waals surface area contributed by atoms with Gasteiger partial charge in [0.05, 0.1) is 6.16 Å². The van der Waals surface area contributed by atoms with Gasteiger partial charge >= 0.3 is 7.60 Å². The van der Waals surface area contributed by atoms with E-state index in [1.54, 1.807) is 0 Å². The van der Waals surface area contributed by atoms with Crippen LogP contribution in [0.3, 0.4) is 0 Å². The van der Waals surface area contributed by atoms with Gasteiger partial charge in [-0.05, 0) is 36.8 Å². The number of unbranched alkanes of at least 4 members (excludes halogenated alkanes) is 5. The van der Waals surface area contributed by atoms with Crippen LogP contribution in [0.25, 0.3) is 0 Å². The van der Waals surface area contributed by atoms with Crippen molar-refractivity contribution >= 4 is 7.60 Å². The first kappa shape index (κ1) is 20.4. The maximum atomic E-state index is 10.9. The van der Waals surface area contributed by atoms with Crippen molar-refractivity contribution in [2.24, 2.45) is 5.73 Å². The molecule has 1 aromatic rings. The first-order valence-corrected chi connectivity index (χ1v) is 10.6. The van der Waals surface area contributed by atoms with Gasteiger partial charge in [0.1, 0.15) is 0 Å². The lowest BCUT2D eigenvalue weighted by Crippen LogP contribution is -2.24. The zero-order chi connectivity index (χ0) is 17.1. The molecule has 0 radical (unpaired) electrons. The molecule has 0 saturated heterocycles. The van der Waals surface area contributed by atoms with Crippen molar-refractivity contribution in [2.75, 3.05) is 6.16 Å². The first-order chi connectivity index (χ1) is 10.9. The van der Waals surface area contributed by atoms with Gasteiger partial charge < -0.3 is 15.5 Å². The summed E-state index contributed by atoms with van der Waals surface area (Å²) in [4.78, 5) is 17.8. The highest BCUT2D eigenvalue weighted by Crippen LogP contribution is 2.35. The average molecular weight is 341 g/mol. The SMILES string of the molecule is CCCCCCCCc1ccc(CC(N)CCP(=O)(O)O)cc1. The zero-order valence-electron chi connectivity index (χ0n) is 14.3. The minimum atomic E-state index is -3.94. The van der Waals surface area contributed by atoms with E-state index >= 15 is 0 Å². The van der Waals surface area contributed by atoms with Crippen LogP contribution in [0.15, 0.2) is 24.3 Å². The Labute approximate surface area is 140 Å². The molecule has 0 bridgehead atoms. The molecule has 1 rings (SSSR count). The predicted molar refractivity (Wildman–Crippen MR) is 96.7 cm³/mol. The predicted octanol–water partition coefficient (Wildman–Crippen LogP) is 4.03. The van der Waals surface area contributed by atoms with Crippen LogP contribution in [0.4, 0.5) is 0 Å². The summed E-state index contributed by atoms with van der Waals surface area (Å²) >= 11 is 0. The second kappa shape index (κ2) is 11.0. The summed E-state index contributed by atoms with van der Waals surface area (Å²) in [6.45, 7) is 2.24. The largest absolute Gasteiger partial charge is 0.327 e. The van der Waals surface area contributed by atoms with Crippen molar-refractivity contribution in [3.8, 4) is 0 Å². The number of nitrogens with two attached hydrogens (primary N) is 1. The normalized spacial score (nSPS) is 13.2. The summed E-state index contributed by atoms with van der Waals surface area (Å²) in [6, 6.07) is 8.27. The van der Waals surface area contributed by atoms with E-state index < -0.39 is 7.60 Å². The molecule has 0 amide bonds. The van der Waals surface area contributed by atoms with Crippen LogP contribution in [-0.2, 0) is 17.4 Å². The van der Waals surface area contributed by atoms with Gasteiger partial charge in [-0.25, -0.2) is 0 Å². The fraction of sp³-hybridized carbons (Fsp3) is 0.667. The van der Waals surface area contributed by atoms with E-state index in [0.717, 1.165) is 12.0 Å². The molecule has 0 aliphatic heterocycles. The van der Waals surface area contributed by atoms with Crippen molar-refractivity contribution in [1.29, 1.82) is 0 Å². The summed E-state index contributed by atoms with van der Waals surface area (Å²) in [5.74, 6) is 0. The Bertz CT molecular complexity index is 470. The second-order valence-corrected chi connectivity index (χ2v) is 8.25. The Hall–Kier alpha value is -0.670. The van der Waals surface area contributed by atoms with E-state index in [2.05, 4.69) is 31.2 Å². The van der Waals surface area contributed by atoms with E-state index in [4.69, 9.17) is 15.5 Å². The van der Waals surface area contributed by atoms with E-state index in [0.29, 0.717) is 12.8 Å². The lowest BCUT2D eigenvalue weighted by atomic mass is 10.0. The van der Waals surface area contributed by atoms with Gasteiger partial charge in [-0.3, -0.25) is 4.57 Å². The fourth-order valence-electron chi connectivity index (χ4n) is 2.69. The van der Waals surface area contributed by atoms with Gasteiger partial charge in [-0.2, -0.15) is 0 Å². The van der Waals surface area contributed by atoms with Gasteiger partial charge in [-0.15, -0.1) is 0 Å². The summed E-state index contributed by atoms with van der Waals surface area (Å²) in [7, 11) is -3.94. The Morgan fingerprint density at radius 1 is 1.00 bits per heavy atom. The molecule has 1 atom stereocenters. The van der Waals surface area contributed by atoms with Crippen LogP contribution in [0.1, 0.15) is 63.0 Å². The number of hydrogen-bond donors (Lipinski definition) is 3. The summed E-state index contributed by atoms with van der Waals surface area (Å²) in [6.07, 6.45) is 9.86. The van der Waals surface area contributed by atoms with Gasteiger partial charge in [0.15, 0.2) is 0 Å². The topological polar surface area (TPSA) is 83.6 Å². The van der Waals surface area contributed by atoms with Crippen molar-refractivity contribution < 1.29 is 14.4 Å². The Morgan fingerprint density at radius 3 is 2.17 bits per heavy atom. The van der Waals surface area contributed by atoms with Crippen LogP contribution in [0.2, 0.25) is 0 Å². The lowest BCUT2D eigenvalue weighted by molar-refractivity contribution is 0.369. The van der Waals surface area contributed by atoms with Crippen LogP contribution in [0.5, 0.6) is 0 Å². The minimum Gasteiger partial charge on any atom is -0.327 e. The summed E-state index contributed by atoms with van der Waals surface area (Å²) < 4.78 is 10.9. The number of hydrogen-bond acceptors (Lipinski definition) is 2. The highest BCUT2D eigenvalue weighted by atomic mass is 31.2. The Balaban J connectivity index is 2.26. The molecule has 1 aromatic carbocycles. The van der Waals surface area contributed by atoms with Crippen LogP contribution in [0, 0.1) is 0 Å². The highest BCUT2D eigenvalue weighted by molar-refractivity contribution is 7.51. The van der Waals surface area contributed by atoms with Gasteiger partial charge in [0.25, 0.3) is 0 Å². The van der Waals surface area contributed by atoms with Crippen molar-refractivity contribution in [3.05, 3.63) is 35.4 Å². The molecule has 0 aromatic heterocycles. The summed E-state index contributed by atoms with van der Waals surface area (Å²) in [5.41, 5.74) is 8.43. The molecule has 4 nitrogen and oxygen atoms in total. The van der Waals surface area contributed by atoms with Gasteiger partial charge in [0, 0.05) is 6.04 Å². The van der Waals surface area contributed by atoms with Crippen LogP contribution >= 0.6 is 7.60 Å². The van der Waals surface area contributed by atoms with Crippen molar-refractivity contribution in [1.82, 2.24) is 0 Å². The van der Waals surface area contributed by atoms with Crippen LogP contribution < -0.4 is 5.73 Å². The molecule has 0 fully saturated rings. The number of rotatable bonds is 12. The van der Waals surface area contributed by atoms with E-state index in [-0.39, 0.29) is 12.2 Å². The molecule has 4 N–H and O–H groups in total. The fourth-order valence-corrected chi connectivity index (χ4v) is 3.36. The van der Waals surface area contributed by atoms with Crippen LogP contribution in [-0.4, -0.2) is 22.0 Å². The zero-order valence-corrected chi connectivity index (χ0v) is 15.2. The third-order valence-electron chi connectivity index (χ3n) is 4.13. The highest BCUT2D eigenvalue weighted by Gasteiger charge is 2.15. The smallest absolute Gasteiger partial charge is 0.325 e. The molecule has 5 heteroatoms. The molecule has 132 valence electrons. The van der Waals surface area contributed by atoms with E-state index in [9.17, 15) is 4.57 Å². The molecular weight excluding hydrogens is 309 g/mol. The molecule has 0 spiro atoms. The standard InChI is InChI=1S/C18H32NO3P/c1-2-3-4-5-6-7-8-16-9-11-17(12-10-16)15-18(19)13-14-23(20,21)22/h9-12,18H,2-8,13-15,19H2,1H3,(H2,20,21,22). The molecule has 0 aliphatic carbocycles. The van der Waals surface area contributed by atoms with E-state index in [1.807, 2.05) is 0 Å². The first-order valence-electron chi connectivity index (χ1n) is 8.78. The summed E-state index contributed by atoms with van der Waals surface area (Å²) in [5, 5.41) is 0. The number of aryl methyl sites for hydroxylation is 1. The third-order valence-corrected chi connectivity index (χ3v) is 4.97. The molecular formula is C18H32NO3P. The maximum Gasteiger partial charge on any atom is 0.325 e. The van der Waals surface area contributed by atoms with Crippen molar-refractivity contribution in [2.45, 2.75) is 70.8 Å². The number of benzene rings is 1. The Kier molecular flexibility index (Phi) is 9.73. The molecule has 1 unspecified atom stereocenters. The van der Waals surface area contributed by atoms with Crippen molar-refractivity contribution in [3.63, 3.8) is 0 Å². The lowest BCUT2D eigenvalue weighted by Gasteiger charge is -2.12. The molecule has 0 aliphatic rings.